The number of carbonyl (C=O) groups is 2. The van der Waals surface area contributed by atoms with Gasteiger partial charge in [0.25, 0.3) is 0 Å². The third kappa shape index (κ3) is 4.66. The van der Waals surface area contributed by atoms with Gasteiger partial charge in [0, 0.05) is 56.8 Å². The molecule has 3 fully saturated rings. The summed E-state index contributed by atoms with van der Waals surface area (Å²) in [5.74, 6) is 1.08. The number of carbonyl (C=O) groups excluding carboxylic acids is 2. The molecule has 1 aliphatic carbocycles. The number of piperidine rings is 1. The van der Waals surface area contributed by atoms with Gasteiger partial charge in [-0.2, -0.15) is 5.10 Å². The van der Waals surface area contributed by atoms with Crippen LogP contribution in [0.25, 0.3) is 0 Å². The van der Waals surface area contributed by atoms with E-state index in [1.165, 1.54) is 5.56 Å². The van der Waals surface area contributed by atoms with Crippen molar-refractivity contribution in [3.8, 4) is 0 Å². The minimum Gasteiger partial charge on any atom is -0.325 e. The predicted molar refractivity (Wildman–Crippen MR) is 132 cm³/mol. The summed E-state index contributed by atoms with van der Waals surface area (Å²) < 4.78 is 1.73. The lowest BCUT2D eigenvalue weighted by Gasteiger charge is -2.38. The van der Waals surface area contributed by atoms with Crippen LogP contribution in [0.15, 0.2) is 24.3 Å². The summed E-state index contributed by atoms with van der Waals surface area (Å²) in [7, 11) is 3.62. The Bertz CT molecular complexity index is 1090. The Morgan fingerprint density at radius 3 is 2.56 bits per heavy atom. The quantitative estimate of drug-likeness (QED) is 0.680. The molecule has 1 aromatic carbocycles. The Hall–Kier alpha value is -2.58. The highest BCUT2D eigenvalue weighted by Gasteiger charge is 2.44. The molecule has 9 heteroatoms. The summed E-state index contributed by atoms with van der Waals surface area (Å²) in [5, 5.41) is 8.37. The molecule has 0 unspecified atom stereocenters. The number of aryl methyl sites for hydroxylation is 2. The molecule has 0 spiro atoms. The molecule has 8 nitrogen and oxygen atoms in total. The number of urea groups is 1. The highest BCUT2D eigenvalue weighted by Crippen LogP contribution is 2.40. The number of likely N-dealkylation sites (N-methyl/N-ethyl adjacent to an activating group) is 1. The zero-order valence-corrected chi connectivity index (χ0v) is 20.9. The van der Waals surface area contributed by atoms with Crippen LogP contribution in [0.4, 0.5) is 10.6 Å². The van der Waals surface area contributed by atoms with E-state index in [2.05, 4.69) is 27.4 Å². The van der Waals surface area contributed by atoms with Crippen LogP contribution >= 0.6 is 11.6 Å². The summed E-state index contributed by atoms with van der Waals surface area (Å²) in [6, 6.07) is 7.65. The first-order valence-corrected chi connectivity index (χ1v) is 12.5. The number of rotatable bonds is 6. The second-order valence-electron chi connectivity index (χ2n) is 10.0. The first-order chi connectivity index (χ1) is 16.3. The summed E-state index contributed by atoms with van der Waals surface area (Å²) in [6.45, 7) is 5.08. The molecule has 3 amide bonds. The van der Waals surface area contributed by atoms with Crippen LogP contribution in [0.5, 0.6) is 0 Å². The van der Waals surface area contributed by atoms with E-state index >= 15 is 0 Å². The Labute approximate surface area is 205 Å². The number of likely N-dealkylation sites (tertiary alicyclic amines) is 1. The Morgan fingerprint density at radius 1 is 1.15 bits per heavy atom. The van der Waals surface area contributed by atoms with Crippen molar-refractivity contribution in [1.29, 1.82) is 0 Å². The van der Waals surface area contributed by atoms with Crippen molar-refractivity contribution >= 4 is 29.4 Å². The molecule has 2 saturated heterocycles. The summed E-state index contributed by atoms with van der Waals surface area (Å²) in [6.07, 6.45) is 4.04. The maximum Gasteiger partial charge on any atom is 0.320 e. The van der Waals surface area contributed by atoms with Crippen LogP contribution in [0.3, 0.4) is 0 Å². The monoisotopic (exact) mass is 484 g/mol. The molecule has 5 rings (SSSR count). The van der Waals surface area contributed by atoms with Crippen LogP contribution < -0.4 is 5.32 Å². The van der Waals surface area contributed by atoms with Crippen LogP contribution in [-0.4, -0.2) is 75.2 Å². The van der Waals surface area contributed by atoms with Gasteiger partial charge in [-0.3, -0.25) is 14.4 Å². The van der Waals surface area contributed by atoms with Crippen molar-refractivity contribution in [3.63, 3.8) is 0 Å². The SMILES string of the molecule is Cc1cc(CN2CCC(N3C(=O)N(C)C[C@H]3C(=O)Nc3cc(C4CC4)nn3C)CC2)ccc1Cl. The third-order valence-electron chi connectivity index (χ3n) is 7.36. The van der Waals surface area contributed by atoms with E-state index < -0.39 is 6.04 Å². The van der Waals surface area contributed by atoms with Gasteiger partial charge in [0.2, 0.25) is 5.91 Å². The van der Waals surface area contributed by atoms with E-state index in [0.717, 1.165) is 61.6 Å². The van der Waals surface area contributed by atoms with E-state index in [4.69, 9.17) is 11.6 Å². The molecule has 3 heterocycles. The second kappa shape index (κ2) is 9.23. The smallest absolute Gasteiger partial charge is 0.320 e. The van der Waals surface area contributed by atoms with Crippen LogP contribution in [-0.2, 0) is 18.4 Å². The number of hydrogen-bond acceptors (Lipinski definition) is 4. The molecule has 3 aliphatic rings. The first-order valence-electron chi connectivity index (χ1n) is 12.2. The molecule has 1 aromatic heterocycles. The molecule has 1 saturated carbocycles. The molecule has 1 N–H and O–H groups in total. The fourth-order valence-electron chi connectivity index (χ4n) is 5.19. The van der Waals surface area contributed by atoms with Crippen molar-refractivity contribution in [1.82, 2.24) is 24.5 Å². The highest BCUT2D eigenvalue weighted by atomic mass is 35.5. The number of amides is 3. The van der Waals surface area contributed by atoms with Gasteiger partial charge in [0.05, 0.1) is 12.2 Å². The maximum absolute atomic E-state index is 13.3. The number of nitrogens with zero attached hydrogens (tertiary/aromatic N) is 5. The summed E-state index contributed by atoms with van der Waals surface area (Å²) in [5.41, 5.74) is 3.38. The van der Waals surface area contributed by atoms with Gasteiger partial charge >= 0.3 is 6.03 Å². The molecular formula is C25H33ClN6O2. The number of halogens is 1. The minimum atomic E-state index is -0.493. The molecule has 2 aromatic rings. The van der Waals surface area contributed by atoms with Gasteiger partial charge in [0.1, 0.15) is 11.9 Å². The van der Waals surface area contributed by atoms with Gasteiger partial charge in [0.15, 0.2) is 0 Å². The molecule has 0 bridgehead atoms. The third-order valence-corrected chi connectivity index (χ3v) is 7.78. The van der Waals surface area contributed by atoms with Crippen molar-refractivity contribution in [2.75, 3.05) is 32.0 Å². The topological polar surface area (TPSA) is 73.7 Å². The lowest BCUT2D eigenvalue weighted by atomic mass is 10.0. The maximum atomic E-state index is 13.3. The molecule has 0 radical (unpaired) electrons. The van der Waals surface area contributed by atoms with Crippen LogP contribution in [0, 0.1) is 6.92 Å². The van der Waals surface area contributed by atoms with Crippen molar-refractivity contribution < 1.29 is 9.59 Å². The van der Waals surface area contributed by atoms with Gasteiger partial charge in [-0.1, -0.05) is 23.7 Å². The number of aromatic nitrogens is 2. The van der Waals surface area contributed by atoms with Gasteiger partial charge in [-0.25, -0.2) is 4.79 Å². The Kier molecular flexibility index (Phi) is 6.29. The standard InChI is InChI=1S/C25H33ClN6O2/c1-16-12-17(4-7-20(16)26)14-31-10-8-19(9-11-31)32-22(15-29(2)25(32)34)24(33)27-23-13-21(18-5-6-18)28-30(23)3/h4,7,12-13,18-19,22H,5-6,8-11,14-15H2,1-3H3,(H,27,33)/t22-/m0/s1. The number of hydrogen-bond donors (Lipinski definition) is 1. The Balaban J connectivity index is 1.22. The molecule has 182 valence electrons. The van der Waals surface area contributed by atoms with Crippen molar-refractivity contribution in [3.05, 3.63) is 46.1 Å². The summed E-state index contributed by atoms with van der Waals surface area (Å²) in [4.78, 5) is 32.2. The molecular weight excluding hydrogens is 452 g/mol. The van der Waals surface area contributed by atoms with E-state index in [-0.39, 0.29) is 18.0 Å². The first kappa shape index (κ1) is 23.2. The minimum absolute atomic E-state index is 0.0596. The average Bonchev–Trinajstić information content (AvgIpc) is 3.54. The number of anilines is 1. The lowest BCUT2D eigenvalue weighted by Crippen LogP contribution is -2.52. The lowest BCUT2D eigenvalue weighted by molar-refractivity contribution is -0.120. The van der Waals surface area contributed by atoms with Gasteiger partial charge < -0.3 is 15.1 Å². The van der Waals surface area contributed by atoms with E-state index in [9.17, 15) is 9.59 Å². The zero-order valence-electron chi connectivity index (χ0n) is 20.1. The van der Waals surface area contributed by atoms with Crippen molar-refractivity contribution in [2.45, 2.75) is 57.2 Å². The van der Waals surface area contributed by atoms with Crippen molar-refractivity contribution in [2.24, 2.45) is 7.05 Å². The van der Waals surface area contributed by atoms with E-state index in [0.29, 0.717) is 18.3 Å². The number of benzene rings is 1. The second-order valence-corrected chi connectivity index (χ2v) is 10.4. The summed E-state index contributed by atoms with van der Waals surface area (Å²) >= 11 is 6.16. The normalized spacial score (nSPS) is 22.0. The zero-order chi connectivity index (χ0) is 24.0. The van der Waals surface area contributed by atoms with Crippen LogP contribution in [0.1, 0.15) is 48.4 Å². The largest absolute Gasteiger partial charge is 0.325 e. The van der Waals surface area contributed by atoms with Crippen LogP contribution in [0.2, 0.25) is 5.02 Å². The molecule has 34 heavy (non-hydrogen) atoms. The average molecular weight is 485 g/mol. The van der Waals surface area contributed by atoms with E-state index in [1.807, 2.05) is 31.0 Å². The van der Waals surface area contributed by atoms with E-state index in [1.54, 1.807) is 16.6 Å². The predicted octanol–water partition coefficient (Wildman–Crippen LogP) is 3.60. The van der Waals surface area contributed by atoms with Gasteiger partial charge in [-0.15, -0.1) is 0 Å². The fraction of sp³-hybridized carbons (Fsp3) is 0.560. The molecule has 2 aliphatic heterocycles. The van der Waals surface area contributed by atoms with Gasteiger partial charge in [-0.05, 0) is 49.8 Å². The fourth-order valence-corrected chi connectivity index (χ4v) is 5.31. The highest BCUT2D eigenvalue weighted by molar-refractivity contribution is 6.31. The Morgan fingerprint density at radius 2 is 1.88 bits per heavy atom. The number of nitrogens with one attached hydrogen (secondary N) is 1. The molecule has 1 atom stereocenters.